The Kier molecular flexibility index (Phi) is 6.39. The van der Waals surface area contributed by atoms with Gasteiger partial charge in [-0.2, -0.15) is 0 Å². The lowest BCUT2D eigenvalue weighted by molar-refractivity contribution is -0.134. The van der Waals surface area contributed by atoms with E-state index in [-0.39, 0.29) is 24.8 Å². The molecule has 0 radical (unpaired) electrons. The van der Waals surface area contributed by atoms with E-state index >= 15 is 0 Å². The maximum atomic E-state index is 13.2. The number of nitrogens with zero attached hydrogens (tertiary/aromatic N) is 5. The van der Waals surface area contributed by atoms with Crippen LogP contribution in [-0.4, -0.2) is 60.2 Å². The Balaban J connectivity index is 0.00000190. The van der Waals surface area contributed by atoms with E-state index in [1.807, 2.05) is 46.9 Å². The highest BCUT2D eigenvalue weighted by Gasteiger charge is 2.27. The van der Waals surface area contributed by atoms with Crippen LogP contribution >= 0.6 is 22.9 Å². The van der Waals surface area contributed by atoms with Crippen LogP contribution in [0.15, 0.2) is 65.1 Å². The number of sulfonamides is 1. The molecule has 186 valence electrons. The molecule has 12 heteroatoms. The van der Waals surface area contributed by atoms with Gasteiger partial charge in [-0.3, -0.25) is 9.52 Å². The number of halogens is 1. The van der Waals surface area contributed by atoms with Gasteiger partial charge in [-0.15, -0.1) is 10.2 Å². The Morgan fingerprint density at radius 2 is 1.86 bits per heavy atom. The predicted octanol–water partition coefficient (Wildman–Crippen LogP) is 4.35. The highest BCUT2D eigenvalue weighted by Crippen LogP contribution is 2.26. The normalized spacial score (nSPS) is 15.4. The summed E-state index contributed by atoms with van der Waals surface area (Å²) in [5.41, 5.74) is 3.31. The SMILES string of the molecule is C[C@H](C(=O)N1CCN(c2ccc(S(=O)(=O)Nc3nncs3)cc2)CC1)n1ccc2ccc(Cl)cc21.[HH].[HH]. The van der Waals surface area contributed by atoms with E-state index in [0.29, 0.717) is 31.2 Å². The molecule has 2 aromatic carbocycles. The molecular formula is C23H27ClN6O3S2. The quantitative estimate of drug-likeness (QED) is 0.395. The average Bonchev–Trinajstić information content (AvgIpc) is 3.52. The molecule has 1 saturated heterocycles. The minimum Gasteiger partial charge on any atom is -0.368 e. The lowest BCUT2D eigenvalue weighted by Gasteiger charge is -2.37. The standard InChI is InChI=1S/C23H23ClN6O3S2.2H2/c1-16(30-9-8-17-2-3-18(24)14-21(17)30)22(31)29-12-10-28(11-13-29)19-4-6-20(7-5-19)35(32,33)27-23-26-25-15-34-23;;/h2-9,14-16H,10-13H2,1H3,(H,26,27);2*1H/t16-;;/m1../s1. The molecule has 2 aromatic heterocycles. The van der Waals surface area contributed by atoms with E-state index in [4.69, 9.17) is 11.6 Å². The van der Waals surface area contributed by atoms with Crippen LogP contribution < -0.4 is 9.62 Å². The number of hydrogen-bond acceptors (Lipinski definition) is 7. The third kappa shape index (κ3) is 4.84. The Morgan fingerprint density at radius 3 is 2.54 bits per heavy atom. The van der Waals surface area contributed by atoms with Gasteiger partial charge in [0.25, 0.3) is 10.0 Å². The van der Waals surface area contributed by atoms with E-state index in [9.17, 15) is 13.2 Å². The van der Waals surface area contributed by atoms with Gasteiger partial charge >= 0.3 is 0 Å². The number of hydrogen-bond donors (Lipinski definition) is 1. The first-order valence-electron chi connectivity index (χ1n) is 11.0. The highest BCUT2D eigenvalue weighted by molar-refractivity contribution is 7.93. The van der Waals surface area contributed by atoms with E-state index in [0.717, 1.165) is 27.9 Å². The number of nitrogens with one attached hydrogen (secondary N) is 1. The first kappa shape index (κ1) is 23.6. The number of fused-ring (bicyclic) bond motifs is 1. The zero-order chi connectivity index (χ0) is 24.6. The number of benzene rings is 2. The van der Waals surface area contributed by atoms with Crippen LogP contribution in [0.25, 0.3) is 10.9 Å². The Morgan fingerprint density at radius 1 is 1.11 bits per heavy atom. The summed E-state index contributed by atoms with van der Waals surface area (Å²) in [5.74, 6) is 0.0614. The molecule has 1 aliphatic heterocycles. The molecule has 1 atom stereocenters. The van der Waals surface area contributed by atoms with E-state index in [1.54, 1.807) is 24.3 Å². The van der Waals surface area contributed by atoms with Crippen LogP contribution in [0.3, 0.4) is 0 Å². The summed E-state index contributed by atoms with van der Waals surface area (Å²) in [4.78, 5) is 17.4. The van der Waals surface area contributed by atoms with Crippen molar-refractivity contribution >= 4 is 60.6 Å². The van der Waals surface area contributed by atoms with Crippen molar-refractivity contribution in [3.63, 3.8) is 0 Å². The molecule has 0 unspecified atom stereocenters. The molecule has 9 nitrogen and oxygen atoms in total. The van der Waals surface area contributed by atoms with E-state index in [2.05, 4.69) is 19.8 Å². The number of carbonyl (C=O) groups excluding carboxylic acids is 1. The summed E-state index contributed by atoms with van der Waals surface area (Å²) in [5, 5.41) is 9.26. The van der Waals surface area contributed by atoms with Crippen LogP contribution in [0.1, 0.15) is 15.8 Å². The molecule has 1 N–H and O–H groups in total. The van der Waals surface area contributed by atoms with Gasteiger partial charge < -0.3 is 14.4 Å². The molecule has 1 amide bonds. The molecule has 3 heterocycles. The summed E-state index contributed by atoms with van der Waals surface area (Å²) >= 11 is 7.28. The van der Waals surface area contributed by atoms with Crippen LogP contribution in [0.2, 0.25) is 5.02 Å². The first-order chi connectivity index (χ1) is 16.8. The lowest BCUT2D eigenvalue weighted by atomic mass is 10.2. The average molecular weight is 535 g/mol. The minimum atomic E-state index is -3.72. The Hall–Kier alpha value is -3.15. The van der Waals surface area contributed by atoms with Crippen molar-refractivity contribution < 1.29 is 16.1 Å². The van der Waals surface area contributed by atoms with Gasteiger partial charge in [-0.1, -0.05) is 29.0 Å². The van der Waals surface area contributed by atoms with Crippen LogP contribution in [-0.2, 0) is 14.8 Å². The molecule has 0 bridgehead atoms. The molecule has 0 saturated carbocycles. The second-order valence-electron chi connectivity index (χ2n) is 8.26. The van der Waals surface area contributed by atoms with Gasteiger partial charge in [-0.25, -0.2) is 8.42 Å². The van der Waals surface area contributed by atoms with Gasteiger partial charge in [0, 0.05) is 45.9 Å². The van der Waals surface area contributed by atoms with Crippen molar-refractivity contribution in [1.29, 1.82) is 0 Å². The molecule has 0 spiro atoms. The third-order valence-electron chi connectivity index (χ3n) is 6.15. The van der Waals surface area contributed by atoms with Gasteiger partial charge in [0.1, 0.15) is 11.6 Å². The Bertz CT molecular complexity index is 1460. The molecular weight excluding hydrogens is 508 g/mol. The number of anilines is 2. The first-order valence-corrected chi connectivity index (χ1v) is 13.7. The minimum absolute atomic E-state index is 0. The summed E-state index contributed by atoms with van der Waals surface area (Å²) in [6.45, 7) is 4.39. The predicted molar refractivity (Wildman–Crippen MR) is 142 cm³/mol. The van der Waals surface area contributed by atoms with Gasteiger partial charge in [0.15, 0.2) is 0 Å². The van der Waals surface area contributed by atoms with Crippen LogP contribution in [0.4, 0.5) is 10.8 Å². The van der Waals surface area contributed by atoms with Crippen LogP contribution in [0.5, 0.6) is 0 Å². The second kappa shape index (κ2) is 9.48. The Labute approximate surface area is 215 Å². The van der Waals surface area contributed by atoms with Crippen LogP contribution in [0, 0.1) is 0 Å². The van der Waals surface area contributed by atoms with Crippen molar-refractivity contribution in [1.82, 2.24) is 19.7 Å². The van der Waals surface area contributed by atoms with Crippen molar-refractivity contribution in [2.75, 3.05) is 35.8 Å². The topological polar surface area (TPSA) is 100 Å². The van der Waals surface area contributed by atoms with Crippen molar-refractivity contribution in [2.24, 2.45) is 0 Å². The number of amides is 1. The summed E-state index contributed by atoms with van der Waals surface area (Å²) < 4.78 is 29.4. The molecule has 35 heavy (non-hydrogen) atoms. The fraction of sp³-hybridized carbons (Fsp3) is 0.261. The highest BCUT2D eigenvalue weighted by atomic mass is 35.5. The third-order valence-corrected chi connectivity index (χ3v) is 8.47. The molecule has 4 aromatic rings. The number of carbonyl (C=O) groups is 1. The summed E-state index contributed by atoms with van der Waals surface area (Å²) in [6, 6.07) is 14.0. The van der Waals surface area contributed by atoms with Gasteiger partial charge in [-0.05, 0) is 54.8 Å². The second-order valence-corrected chi connectivity index (χ2v) is 11.2. The fourth-order valence-electron chi connectivity index (χ4n) is 4.26. The maximum Gasteiger partial charge on any atom is 0.263 e. The monoisotopic (exact) mass is 534 g/mol. The molecule has 1 fully saturated rings. The molecule has 1 aliphatic rings. The largest absolute Gasteiger partial charge is 0.368 e. The van der Waals surface area contributed by atoms with Crippen molar-refractivity contribution in [3.8, 4) is 0 Å². The lowest BCUT2D eigenvalue weighted by Crippen LogP contribution is -2.50. The maximum absolute atomic E-state index is 13.2. The zero-order valence-electron chi connectivity index (χ0n) is 18.8. The number of aromatic nitrogens is 3. The van der Waals surface area contributed by atoms with Crippen molar-refractivity contribution in [2.45, 2.75) is 17.9 Å². The van der Waals surface area contributed by atoms with Crippen molar-refractivity contribution in [3.05, 3.63) is 65.3 Å². The summed E-state index contributed by atoms with van der Waals surface area (Å²) in [6.07, 6.45) is 1.93. The van der Waals surface area contributed by atoms with E-state index in [1.165, 1.54) is 5.51 Å². The smallest absolute Gasteiger partial charge is 0.263 e. The molecule has 0 aliphatic carbocycles. The fourth-order valence-corrected chi connectivity index (χ4v) is 6.12. The van der Waals surface area contributed by atoms with Gasteiger partial charge in [0.05, 0.1) is 10.4 Å². The zero-order valence-corrected chi connectivity index (χ0v) is 21.2. The van der Waals surface area contributed by atoms with E-state index < -0.39 is 10.0 Å². The summed E-state index contributed by atoms with van der Waals surface area (Å²) in [7, 11) is -3.72. The number of piperazine rings is 1. The molecule has 5 rings (SSSR count). The van der Waals surface area contributed by atoms with Gasteiger partial charge in [0.2, 0.25) is 11.0 Å². The number of rotatable bonds is 6.